The Morgan fingerprint density at radius 1 is 1.23 bits per heavy atom. The molecule has 0 bridgehead atoms. The third kappa shape index (κ3) is 2.79. The van der Waals surface area contributed by atoms with E-state index < -0.39 is 17.2 Å². The van der Waals surface area contributed by atoms with Crippen LogP contribution in [0.3, 0.4) is 0 Å². The van der Waals surface area contributed by atoms with Crippen LogP contribution in [-0.2, 0) is 12.0 Å². The molecule has 2 aromatic carbocycles. The third-order valence-electron chi connectivity index (χ3n) is 6.84. The van der Waals surface area contributed by atoms with E-state index in [9.17, 15) is 13.6 Å². The molecular formula is C24H21F2N3O2. The highest BCUT2D eigenvalue weighted by Gasteiger charge is 2.52. The van der Waals surface area contributed by atoms with Gasteiger partial charge in [-0.25, -0.2) is 13.5 Å². The van der Waals surface area contributed by atoms with Crippen molar-refractivity contribution >= 4 is 5.91 Å². The summed E-state index contributed by atoms with van der Waals surface area (Å²) in [6, 6.07) is 11.1. The van der Waals surface area contributed by atoms with Crippen LogP contribution >= 0.6 is 0 Å². The van der Waals surface area contributed by atoms with Crippen LogP contribution < -0.4 is 10.1 Å². The van der Waals surface area contributed by atoms with Crippen LogP contribution in [0.25, 0.3) is 5.69 Å². The van der Waals surface area contributed by atoms with Gasteiger partial charge in [-0.05, 0) is 49.8 Å². The summed E-state index contributed by atoms with van der Waals surface area (Å²) in [7, 11) is 1.62. The lowest BCUT2D eigenvalue weighted by Crippen LogP contribution is -2.36. The molecule has 1 amide bonds. The fourth-order valence-electron chi connectivity index (χ4n) is 5.04. The minimum absolute atomic E-state index is 0.176. The van der Waals surface area contributed by atoms with Gasteiger partial charge in [-0.3, -0.25) is 4.79 Å². The standard InChI is InChI=1S/C24H21F2N3O2/c1-31-20-5-3-2-4-17(20)24(8-9-24)27-23(30)21-16-11-13-10-15(13)22(16)29(28-21)19-7-6-14(25)12-18(19)26/h2-7,12-13,15H,8-11H2,1H3,(H,27,30)/t13-,15-/m0/s1. The quantitative estimate of drug-likeness (QED) is 0.671. The zero-order chi connectivity index (χ0) is 21.3. The summed E-state index contributed by atoms with van der Waals surface area (Å²) < 4.78 is 35.0. The number of carbonyl (C=O) groups excluding carboxylic acids is 1. The van der Waals surface area contributed by atoms with Crippen molar-refractivity contribution in [3.8, 4) is 11.4 Å². The first kappa shape index (κ1) is 18.5. The molecule has 3 aliphatic carbocycles. The number of halogens is 2. The summed E-state index contributed by atoms with van der Waals surface area (Å²) in [6.45, 7) is 0. The molecule has 3 aromatic rings. The van der Waals surface area contributed by atoms with Gasteiger partial charge in [0.15, 0.2) is 11.5 Å². The van der Waals surface area contributed by atoms with Gasteiger partial charge >= 0.3 is 0 Å². The van der Waals surface area contributed by atoms with E-state index in [-0.39, 0.29) is 17.5 Å². The zero-order valence-electron chi connectivity index (χ0n) is 17.0. The van der Waals surface area contributed by atoms with Crippen molar-refractivity contribution in [2.45, 2.75) is 37.1 Å². The lowest BCUT2D eigenvalue weighted by molar-refractivity contribution is 0.0923. The van der Waals surface area contributed by atoms with Crippen LogP contribution in [0.1, 0.15) is 52.5 Å². The molecule has 5 nitrogen and oxygen atoms in total. The Balaban J connectivity index is 1.38. The number of para-hydroxylation sites is 1. The normalized spacial score (nSPS) is 21.9. The number of carbonyl (C=O) groups is 1. The number of fused-ring (bicyclic) bond motifs is 3. The van der Waals surface area contributed by atoms with Crippen molar-refractivity contribution in [3.63, 3.8) is 0 Å². The Hall–Kier alpha value is -3.22. The maximum Gasteiger partial charge on any atom is 0.272 e. The number of benzene rings is 2. The summed E-state index contributed by atoms with van der Waals surface area (Å²) in [5, 5.41) is 7.70. The topological polar surface area (TPSA) is 56.1 Å². The zero-order valence-corrected chi connectivity index (χ0v) is 17.0. The minimum Gasteiger partial charge on any atom is -0.496 e. The second kappa shape index (κ2) is 6.39. The molecule has 2 fully saturated rings. The molecule has 158 valence electrons. The fourth-order valence-corrected chi connectivity index (χ4v) is 5.04. The van der Waals surface area contributed by atoms with E-state index in [2.05, 4.69) is 10.4 Å². The highest BCUT2D eigenvalue weighted by Crippen LogP contribution is 2.57. The van der Waals surface area contributed by atoms with Gasteiger partial charge in [0.25, 0.3) is 5.91 Å². The first-order chi connectivity index (χ1) is 15.0. The summed E-state index contributed by atoms with van der Waals surface area (Å²) in [5.74, 6) is -0.0715. The molecule has 6 rings (SSSR count). The van der Waals surface area contributed by atoms with Crippen LogP contribution in [0.4, 0.5) is 8.78 Å². The van der Waals surface area contributed by atoms with E-state index in [1.165, 1.54) is 16.8 Å². The number of ether oxygens (including phenoxy) is 1. The summed E-state index contributed by atoms with van der Waals surface area (Å²) in [6.07, 6.45) is 3.43. The minimum atomic E-state index is -0.686. The Morgan fingerprint density at radius 2 is 2.03 bits per heavy atom. The van der Waals surface area contributed by atoms with Crippen LogP contribution in [0.15, 0.2) is 42.5 Å². The van der Waals surface area contributed by atoms with Crippen molar-refractivity contribution < 1.29 is 18.3 Å². The molecule has 1 aromatic heterocycles. The number of methoxy groups -OCH3 is 1. The van der Waals surface area contributed by atoms with Gasteiger partial charge in [0.2, 0.25) is 0 Å². The monoisotopic (exact) mass is 421 g/mol. The van der Waals surface area contributed by atoms with Gasteiger partial charge in [-0.15, -0.1) is 0 Å². The molecule has 0 spiro atoms. The summed E-state index contributed by atoms with van der Waals surface area (Å²) in [5.41, 5.74) is 2.78. The van der Waals surface area contributed by atoms with Gasteiger partial charge < -0.3 is 10.1 Å². The third-order valence-corrected chi connectivity index (χ3v) is 6.84. The molecule has 0 aliphatic heterocycles. The number of aromatic nitrogens is 2. The first-order valence-corrected chi connectivity index (χ1v) is 10.5. The average Bonchev–Trinajstić information content (AvgIpc) is 3.64. The number of nitrogens with one attached hydrogen (secondary N) is 1. The first-order valence-electron chi connectivity index (χ1n) is 10.5. The Morgan fingerprint density at radius 3 is 2.77 bits per heavy atom. The molecule has 0 unspecified atom stereocenters. The van der Waals surface area contributed by atoms with E-state index in [1.807, 2.05) is 24.3 Å². The summed E-state index contributed by atoms with van der Waals surface area (Å²) >= 11 is 0. The van der Waals surface area contributed by atoms with Gasteiger partial charge in [0, 0.05) is 23.1 Å². The van der Waals surface area contributed by atoms with Crippen molar-refractivity contribution in [3.05, 3.63) is 76.6 Å². The predicted molar refractivity (Wildman–Crippen MR) is 109 cm³/mol. The highest BCUT2D eigenvalue weighted by atomic mass is 19.1. The largest absolute Gasteiger partial charge is 0.496 e. The lowest BCUT2D eigenvalue weighted by Gasteiger charge is -2.20. The number of amides is 1. The van der Waals surface area contributed by atoms with Gasteiger partial charge in [-0.2, -0.15) is 5.10 Å². The maximum absolute atomic E-state index is 14.5. The van der Waals surface area contributed by atoms with Crippen LogP contribution in [0.2, 0.25) is 0 Å². The Kier molecular flexibility index (Phi) is 3.82. The maximum atomic E-state index is 14.5. The molecule has 1 heterocycles. The predicted octanol–water partition coefficient (Wildman–Crippen LogP) is 4.24. The van der Waals surface area contributed by atoms with Crippen molar-refractivity contribution in [2.24, 2.45) is 5.92 Å². The molecule has 2 atom stereocenters. The van der Waals surface area contributed by atoms with Gasteiger partial charge in [0.05, 0.1) is 18.3 Å². The molecule has 0 saturated heterocycles. The number of rotatable bonds is 5. The van der Waals surface area contributed by atoms with Crippen LogP contribution in [0.5, 0.6) is 5.75 Å². The SMILES string of the molecule is COc1ccccc1C1(NC(=O)c2nn(-c3ccc(F)cc3F)c3c2C[C@@H]2C[C@H]32)CC1. The molecule has 2 saturated carbocycles. The van der Waals surface area contributed by atoms with Crippen LogP contribution in [-0.4, -0.2) is 22.8 Å². The van der Waals surface area contributed by atoms with Crippen LogP contribution in [0, 0.1) is 17.6 Å². The molecule has 31 heavy (non-hydrogen) atoms. The summed E-state index contributed by atoms with van der Waals surface area (Å²) in [4.78, 5) is 13.4. The van der Waals surface area contributed by atoms with Gasteiger partial charge in [0.1, 0.15) is 17.3 Å². The molecule has 3 aliphatic rings. The lowest BCUT2D eigenvalue weighted by atomic mass is 10.0. The van der Waals surface area contributed by atoms with Gasteiger partial charge in [-0.1, -0.05) is 18.2 Å². The number of hydrogen-bond acceptors (Lipinski definition) is 3. The van der Waals surface area contributed by atoms with Crippen molar-refractivity contribution in [2.75, 3.05) is 7.11 Å². The smallest absolute Gasteiger partial charge is 0.272 e. The Labute approximate surface area is 178 Å². The average molecular weight is 421 g/mol. The second-order valence-corrected chi connectivity index (χ2v) is 8.76. The Bertz CT molecular complexity index is 1230. The fraction of sp³-hybridized carbons (Fsp3) is 0.333. The van der Waals surface area contributed by atoms with Crippen molar-refractivity contribution in [1.29, 1.82) is 0 Å². The number of nitrogens with zero attached hydrogens (tertiary/aromatic N) is 2. The van der Waals surface area contributed by atoms with E-state index in [1.54, 1.807) is 7.11 Å². The molecular weight excluding hydrogens is 400 g/mol. The number of hydrogen-bond donors (Lipinski definition) is 1. The van der Waals surface area contributed by atoms with Crippen molar-refractivity contribution in [1.82, 2.24) is 15.1 Å². The van der Waals surface area contributed by atoms with E-state index in [4.69, 9.17) is 4.74 Å². The highest BCUT2D eigenvalue weighted by molar-refractivity contribution is 5.95. The second-order valence-electron chi connectivity index (χ2n) is 8.76. The molecule has 7 heteroatoms. The molecule has 1 N–H and O–H groups in total. The van der Waals surface area contributed by atoms with E-state index in [0.717, 1.165) is 54.3 Å². The van der Waals surface area contributed by atoms with E-state index >= 15 is 0 Å². The van der Waals surface area contributed by atoms with E-state index in [0.29, 0.717) is 11.6 Å². The molecule has 0 radical (unpaired) electrons.